The van der Waals surface area contributed by atoms with Crippen LogP contribution in [-0.4, -0.2) is 80.6 Å². The predicted molar refractivity (Wildman–Crippen MR) is 112 cm³/mol. The second-order valence-electron chi connectivity index (χ2n) is 8.89. The fourth-order valence-electron chi connectivity index (χ4n) is 5.04. The first-order valence-corrected chi connectivity index (χ1v) is 11.4. The average Bonchev–Trinajstić information content (AvgIpc) is 3.47. The summed E-state index contributed by atoms with van der Waals surface area (Å²) in [5.41, 5.74) is 0.572. The monoisotopic (exact) mass is 440 g/mol. The highest BCUT2D eigenvalue weighted by molar-refractivity contribution is 5.89. The first-order valence-electron chi connectivity index (χ1n) is 11.4. The van der Waals surface area contributed by atoms with Gasteiger partial charge in [0.1, 0.15) is 5.69 Å². The van der Waals surface area contributed by atoms with E-state index in [0.29, 0.717) is 56.6 Å². The molecule has 2 unspecified atom stereocenters. The van der Waals surface area contributed by atoms with Crippen LogP contribution < -0.4 is 0 Å². The number of likely N-dealkylation sites (tertiary alicyclic amines) is 2. The largest absolute Gasteiger partial charge is 0.381 e. The molecule has 2 amide bonds. The summed E-state index contributed by atoms with van der Waals surface area (Å²) in [4.78, 5) is 42.3. The van der Waals surface area contributed by atoms with E-state index < -0.39 is 0 Å². The van der Waals surface area contributed by atoms with E-state index in [1.54, 1.807) is 18.6 Å². The Hall–Kier alpha value is -2.88. The molecule has 2 atom stereocenters. The molecule has 32 heavy (non-hydrogen) atoms. The summed E-state index contributed by atoms with van der Waals surface area (Å²) in [7, 11) is 0. The van der Waals surface area contributed by atoms with Crippen molar-refractivity contribution in [3.8, 4) is 11.5 Å². The van der Waals surface area contributed by atoms with Crippen molar-refractivity contribution < 1.29 is 18.8 Å². The maximum Gasteiger partial charge on any atom is 0.228 e. The number of carbonyl (C=O) groups excluding carboxylic acids is 2. The molecule has 0 N–H and O–H groups in total. The van der Waals surface area contributed by atoms with Gasteiger partial charge >= 0.3 is 0 Å². The SMILES string of the molecule is O=C(C1CC(=O)N(C2CCOCC2)C1)N1CCCC(Cc2nc(-c3cnccn3)no2)C1. The van der Waals surface area contributed by atoms with Gasteiger partial charge in [0.25, 0.3) is 0 Å². The maximum absolute atomic E-state index is 13.2. The number of hydrogen-bond donors (Lipinski definition) is 0. The summed E-state index contributed by atoms with van der Waals surface area (Å²) < 4.78 is 10.8. The maximum atomic E-state index is 13.2. The van der Waals surface area contributed by atoms with Gasteiger partial charge < -0.3 is 19.1 Å². The molecule has 5 rings (SSSR count). The normalized spacial score (nSPS) is 24.8. The average molecular weight is 441 g/mol. The fraction of sp³-hybridized carbons (Fsp3) is 0.636. The van der Waals surface area contributed by atoms with E-state index in [4.69, 9.17) is 9.26 Å². The van der Waals surface area contributed by atoms with Crippen LogP contribution in [0.1, 0.15) is 38.0 Å². The Morgan fingerprint density at radius 1 is 1.16 bits per heavy atom. The van der Waals surface area contributed by atoms with Gasteiger partial charge in [0.15, 0.2) is 0 Å². The highest BCUT2D eigenvalue weighted by atomic mass is 16.5. The van der Waals surface area contributed by atoms with E-state index >= 15 is 0 Å². The molecule has 10 heteroatoms. The van der Waals surface area contributed by atoms with E-state index in [-0.39, 0.29) is 29.7 Å². The lowest BCUT2D eigenvalue weighted by atomic mass is 9.93. The molecular formula is C22H28N6O4. The summed E-state index contributed by atoms with van der Waals surface area (Å²) in [5, 5.41) is 4.01. The third-order valence-corrected chi connectivity index (χ3v) is 6.69. The van der Waals surface area contributed by atoms with Crippen LogP contribution >= 0.6 is 0 Å². The van der Waals surface area contributed by atoms with Crippen LogP contribution in [0.5, 0.6) is 0 Å². The lowest BCUT2D eigenvalue weighted by molar-refractivity contribution is -0.137. The van der Waals surface area contributed by atoms with E-state index in [0.717, 1.165) is 32.2 Å². The van der Waals surface area contributed by atoms with Crippen molar-refractivity contribution >= 4 is 11.8 Å². The van der Waals surface area contributed by atoms with Crippen molar-refractivity contribution in [2.24, 2.45) is 11.8 Å². The van der Waals surface area contributed by atoms with Crippen molar-refractivity contribution in [2.75, 3.05) is 32.8 Å². The van der Waals surface area contributed by atoms with Crippen LogP contribution in [0.2, 0.25) is 0 Å². The smallest absolute Gasteiger partial charge is 0.228 e. The van der Waals surface area contributed by atoms with Crippen LogP contribution in [0.3, 0.4) is 0 Å². The van der Waals surface area contributed by atoms with Crippen molar-refractivity contribution in [3.05, 3.63) is 24.5 Å². The van der Waals surface area contributed by atoms with Crippen LogP contribution in [0.15, 0.2) is 23.1 Å². The standard InChI is InChI=1S/C22H28N6O4/c29-20-11-16(14-28(20)17-3-8-31-9-4-17)22(30)27-7-1-2-15(13-27)10-19-25-21(26-32-19)18-12-23-5-6-24-18/h5-6,12,15-17H,1-4,7-11,13-14H2. The lowest BCUT2D eigenvalue weighted by Crippen LogP contribution is -2.45. The Bertz CT molecular complexity index is 945. The summed E-state index contributed by atoms with van der Waals surface area (Å²) in [6.07, 6.45) is 9.39. The molecule has 3 aliphatic rings. The molecule has 0 aliphatic carbocycles. The number of hydrogen-bond acceptors (Lipinski definition) is 8. The predicted octanol–water partition coefficient (Wildman–Crippen LogP) is 1.34. The number of amides is 2. The molecule has 0 aromatic carbocycles. The van der Waals surface area contributed by atoms with Crippen LogP contribution in [0, 0.1) is 11.8 Å². The molecule has 2 aromatic rings. The second-order valence-corrected chi connectivity index (χ2v) is 8.89. The number of aromatic nitrogens is 4. The van der Waals surface area contributed by atoms with Crippen LogP contribution in [0.4, 0.5) is 0 Å². The summed E-state index contributed by atoms with van der Waals surface area (Å²) in [6.45, 7) is 3.31. The van der Waals surface area contributed by atoms with E-state index in [2.05, 4.69) is 20.1 Å². The van der Waals surface area contributed by atoms with Crippen LogP contribution in [-0.2, 0) is 20.7 Å². The molecule has 3 fully saturated rings. The zero-order chi connectivity index (χ0) is 21.9. The number of ether oxygens (including phenoxy) is 1. The number of carbonyl (C=O) groups is 2. The van der Waals surface area contributed by atoms with Gasteiger partial charge in [0, 0.05) is 64.1 Å². The molecule has 0 radical (unpaired) electrons. The van der Waals surface area contributed by atoms with Gasteiger partial charge in [-0.1, -0.05) is 5.16 Å². The van der Waals surface area contributed by atoms with Gasteiger partial charge in [-0.3, -0.25) is 14.6 Å². The van der Waals surface area contributed by atoms with E-state index in [9.17, 15) is 9.59 Å². The molecular weight excluding hydrogens is 412 g/mol. The van der Waals surface area contributed by atoms with Crippen molar-refractivity contribution in [2.45, 2.75) is 44.6 Å². The molecule has 0 spiro atoms. The zero-order valence-corrected chi connectivity index (χ0v) is 18.1. The number of nitrogens with zero attached hydrogens (tertiary/aromatic N) is 6. The molecule has 10 nitrogen and oxygen atoms in total. The molecule has 170 valence electrons. The van der Waals surface area contributed by atoms with E-state index in [1.165, 1.54) is 0 Å². The Morgan fingerprint density at radius 2 is 2.03 bits per heavy atom. The minimum absolute atomic E-state index is 0.100. The number of piperidine rings is 1. The third-order valence-electron chi connectivity index (χ3n) is 6.69. The van der Waals surface area contributed by atoms with Gasteiger partial charge in [-0.2, -0.15) is 4.98 Å². The first-order chi connectivity index (χ1) is 15.7. The topological polar surface area (TPSA) is 115 Å². The van der Waals surface area contributed by atoms with Gasteiger partial charge in [0.05, 0.1) is 12.1 Å². The van der Waals surface area contributed by atoms with Crippen molar-refractivity contribution in [1.29, 1.82) is 0 Å². The van der Waals surface area contributed by atoms with Gasteiger partial charge in [0.2, 0.25) is 23.5 Å². The molecule has 5 heterocycles. The van der Waals surface area contributed by atoms with Crippen molar-refractivity contribution in [1.82, 2.24) is 29.9 Å². The second kappa shape index (κ2) is 9.32. The summed E-state index contributed by atoms with van der Waals surface area (Å²) >= 11 is 0. The minimum Gasteiger partial charge on any atom is -0.381 e. The molecule has 0 saturated carbocycles. The summed E-state index contributed by atoms with van der Waals surface area (Å²) in [6, 6.07) is 0.212. The van der Waals surface area contributed by atoms with Gasteiger partial charge in [-0.25, -0.2) is 4.98 Å². The zero-order valence-electron chi connectivity index (χ0n) is 18.1. The number of rotatable bonds is 5. The Morgan fingerprint density at radius 3 is 2.84 bits per heavy atom. The van der Waals surface area contributed by atoms with Crippen LogP contribution in [0.25, 0.3) is 11.5 Å². The minimum atomic E-state index is -0.240. The fourth-order valence-corrected chi connectivity index (χ4v) is 5.04. The van der Waals surface area contributed by atoms with E-state index in [1.807, 2.05) is 9.80 Å². The quantitative estimate of drug-likeness (QED) is 0.684. The highest BCUT2D eigenvalue weighted by Gasteiger charge is 2.40. The molecule has 2 aromatic heterocycles. The summed E-state index contributed by atoms with van der Waals surface area (Å²) in [5.74, 6) is 1.19. The Labute approximate surface area is 186 Å². The van der Waals surface area contributed by atoms with Gasteiger partial charge in [-0.15, -0.1) is 0 Å². The third kappa shape index (κ3) is 4.50. The van der Waals surface area contributed by atoms with Crippen molar-refractivity contribution in [3.63, 3.8) is 0 Å². The molecule has 3 saturated heterocycles. The first kappa shape index (κ1) is 21.0. The Balaban J connectivity index is 1.18. The highest BCUT2D eigenvalue weighted by Crippen LogP contribution is 2.28. The van der Waals surface area contributed by atoms with Gasteiger partial charge in [-0.05, 0) is 31.6 Å². The Kier molecular flexibility index (Phi) is 6.11. The lowest BCUT2D eigenvalue weighted by Gasteiger charge is -2.34. The molecule has 0 bridgehead atoms. The molecule has 3 aliphatic heterocycles.